The van der Waals surface area contributed by atoms with Crippen LogP contribution in [0.1, 0.15) is 0 Å². The monoisotopic (exact) mass is 289 g/mol. The van der Waals surface area contributed by atoms with Gasteiger partial charge in [-0.15, -0.1) is 6.58 Å². The topological polar surface area (TPSA) is 71.1 Å². The van der Waals surface area contributed by atoms with Crippen LogP contribution in [-0.4, -0.2) is 19.9 Å². The SMILES string of the molecule is C=CCNc1ccc(S(=O)(=O)Nc2ccccn2)cc1. The summed E-state index contributed by atoms with van der Waals surface area (Å²) in [5.74, 6) is 0.293. The third-order valence-electron chi connectivity index (χ3n) is 2.52. The second-order valence-corrected chi connectivity index (χ2v) is 5.70. The molecule has 2 N–H and O–H groups in total. The molecule has 0 saturated heterocycles. The normalized spacial score (nSPS) is 10.8. The molecule has 6 heteroatoms. The fourth-order valence-corrected chi connectivity index (χ4v) is 2.57. The van der Waals surface area contributed by atoms with Gasteiger partial charge in [0.15, 0.2) is 0 Å². The zero-order valence-corrected chi connectivity index (χ0v) is 11.6. The molecule has 1 aromatic carbocycles. The van der Waals surface area contributed by atoms with Crippen LogP contribution < -0.4 is 10.0 Å². The number of benzene rings is 1. The summed E-state index contributed by atoms with van der Waals surface area (Å²) in [5.41, 5.74) is 0.835. The predicted molar refractivity (Wildman–Crippen MR) is 80.2 cm³/mol. The molecule has 1 heterocycles. The maximum atomic E-state index is 12.1. The van der Waals surface area contributed by atoms with E-state index in [9.17, 15) is 8.42 Å². The van der Waals surface area contributed by atoms with Gasteiger partial charge in [-0.2, -0.15) is 0 Å². The number of hydrogen-bond acceptors (Lipinski definition) is 4. The first-order chi connectivity index (χ1) is 9.62. The Morgan fingerprint density at radius 1 is 1.15 bits per heavy atom. The summed E-state index contributed by atoms with van der Waals surface area (Å²) in [5, 5.41) is 3.08. The van der Waals surface area contributed by atoms with Crippen LogP contribution in [-0.2, 0) is 10.0 Å². The summed E-state index contributed by atoms with van der Waals surface area (Å²) >= 11 is 0. The van der Waals surface area contributed by atoms with E-state index in [1.54, 1.807) is 36.4 Å². The Morgan fingerprint density at radius 3 is 2.50 bits per heavy atom. The largest absolute Gasteiger partial charge is 0.382 e. The standard InChI is InChI=1S/C14H15N3O2S/c1-2-10-15-12-6-8-13(9-7-12)20(18,19)17-14-5-3-4-11-16-14/h2-9,11,15H,1,10H2,(H,16,17). The highest BCUT2D eigenvalue weighted by Crippen LogP contribution is 2.16. The first kappa shape index (κ1) is 14.1. The lowest BCUT2D eigenvalue weighted by molar-refractivity contribution is 0.601. The smallest absolute Gasteiger partial charge is 0.263 e. The van der Waals surface area contributed by atoms with Crippen molar-refractivity contribution in [1.29, 1.82) is 0 Å². The lowest BCUT2D eigenvalue weighted by atomic mass is 10.3. The summed E-state index contributed by atoms with van der Waals surface area (Å²) in [7, 11) is -3.61. The summed E-state index contributed by atoms with van der Waals surface area (Å²) in [6.07, 6.45) is 3.26. The Kier molecular flexibility index (Phi) is 4.37. The fraction of sp³-hybridized carbons (Fsp3) is 0.0714. The number of anilines is 2. The zero-order valence-electron chi connectivity index (χ0n) is 10.8. The Bertz CT molecular complexity index is 667. The van der Waals surface area contributed by atoms with Crippen LogP contribution in [0.25, 0.3) is 0 Å². The van der Waals surface area contributed by atoms with Gasteiger partial charge in [0.25, 0.3) is 10.0 Å². The molecule has 0 unspecified atom stereocenters. The van der Waals surface area contributed by atoms with Crippen LogP contribution in [0.4, 0.5) is 11.5 Å². The van der Waals surface area contributed by atoms with Gasteiger partial charge in [-0.1, -0.05) is 12.1 Å². The molecule has 0 radical (unpaired) electrons. The maximum Gasteiger partial charge on any atom is 0.263 e. The Labute approximate surface area is 118 Å². The number of nitrogens with zero attached hydrogens (tertiary/aromatic N) is 1. The Balaban J connectivity index is 2.15. The quantitative estimate of drug-likeness (QED) is 0.801. The fourth-order valence-electron chi connectivity index (χ4n) is 1.56. The molecule has 0 bridgehead atoms. The third-order valence-corrected chi connectivity index (χ3v) is 3.89. The highest BCUT2D eigenvalue weighted by atomic mass is 32.2. The molecule has 0 aliphatic rings. The molecular weight excluding hydrogens is 274 g/mol. The van der Waals surface area contributed by atoms with E-state index in [1.165, 1.54) is 18.3 Å². The van der Waals surface area contributed by atoms with E-state index >= 15 is 0 Å². The van der Waals surface area contributed by atoms with Crippen molar-refractivity contribution in [2.24, 2.45) is 0 Å². The summed E-state index contributed by atoms with van der Waals surface area (Å²) < 4.78 is 26.7. The van der Waals surface area contributed by atoms with E-state index in [0.29, 0.717) is 12.4 Å². The van der Waals surface area contributed by atoms with E-state index in [1.807, 2.05) is 0 Å². The second-order valence-electron chi connectivity index (χ2n) is 4.01. The summed E-state index contributed by atoms with van der Waals surface area (Å²) in [6.45, 7) is 4.23. The minimum absolute atomic E-state index is 0.187. The Hall–Kier alpha value is -2.34. The zero-order chi connectivity index (χ0) is 14.4. The second kappa shape index (κ2) is 6.21. The van der Waals surface area contributed by atoms with Gasteiger partial charge < -0.3 is 5.32 Å². The van der Waals surface area contributed by atoms with Crippen molar-refractivity contribution in [2.45, 2.75) is 4.90 Å². The van der Waals surface area contributed by atoms with Crippen molar-refractivity contribution >= 4 is 21.5 Å². The Morgan fingerprint density at radius 2 is 1.90 bits per heavy atom. The van der Waals surface area contributed by atoms with Crippen molar-refractivity contribution in [1.82, 2.24) is 4.98 Å². The van der Waals surface area contributed by atoms with Crippen LogP contribution >= 0.6 is 0 Å². The molecule has 0 aliphatic carbocycles. The van der Waals surface area contributed by atoms with Crippen molar-refractivity contribution in [2.75, 3.05) is 16.6 Å². The van der Waals surface area contributed by atoms with Crippen LogP contribution in [0.15, 0.2) is 66.2 Å². The maximum absolute atomic E-state index is 12.1. The highest BCUT2D eigenvalue weighted by Gasteiger charge is 2.14. The van der Waals surface area contributed by atoms with Crippen LogP contribution in [0.3, 0.4) is 0 Å². The van der Waals surface area contributed by atoms with Gasteiger partial charge in [0.1, 0.15) is 5.82 Å². The molecule has 20 heavy (non-hydrogen) atoms. The number of rotatable bonds is 6. The van der Waals surface area contributed by atoms with Crippen molar-refractivity contribution < 1.29 is 8.42 Å². The van der Waals surface area contributed by atoms with E-state index in [-0.39, 0.29) is 4.90 Å². The van der Waals surface area contributed by atoms with Crippen LogP contribution in [0, 0.1) is 0 Å². The predicted octanol–water partition coefficient (Wildman–Crippen LogP) is 2.48. The summed E-state index contributed by atoms with van der Waals surface area (Å²) in [6, 6.07) is 11.5. The molecule has 0 amide bonds. The van der Waals surface area contributed by atoms with Crippen molar-refractivity contribution in [3.63, 3.8) is 0 Å². The molecule has 0 aliphatic heterocycles. The van der Waals surface area contributed by atoms with Gasteiger partial charge in [-0.05, 0) is 36.4 Å². The average Bonchev–Trinajstić information content (AvgIpc) is 2.46. The molecule has 0 spiro atoms. The number of aromatic nitrogens is 1. The van der Waals surface area contributed by atoms with Gasteiger partial charge in [-0.25, -0.2) is 13.4 Å². The number of hydrogen-bond donors (Lipinski definition) is 2. The van der Waals surface area contributed by atoms with E-state index < -0.39 is 10.0 Å². The minimum atomic E-state index is -3.61. The van der Waals surface area contributed by atoms with Gasteiger partial charge in [0.2, 0.25) is 0 Å². The first-order valence-corrected chi connectivity index (χ1v) is 7.49. The van der Waals surface area contributed by atoms with Gasteiger partial charge >= 0.3 is 0 Å². The first-order valence-electron chi connectivity index (χ1n) is 6.00. The minimum Gasteiger partial charge on any atom is -0.382 e. The molecule has 0 saturated carbocycles. The molecule has 2 rings (SSSR count). The third kappa shape index (κ3) is 3.58. The van der Waals surface area contributed by atoms with Gasteiger partial charge in [0, 0.05) is 18.4 Å². The molecule has 0 atom stereocenters. The number of nitrogens with one attached hydrogen (secondary N) is 2. The van der Waals surface area contributed by atoms with E-state index in [4.69, 9.17) is 0 Å². The van der Waals surface area contributed by atoms with Gasteiger partial charge in [0.05, 0.1) is 4.90 Å². The molecular formula is C14H15N3O2S. The molecule has 1 aromatic heterocycles. The van der Waals surface area contributed by atoms with E-state index in [2.05, 4.69) is 21.6 Å². The molecule has 5 nitrogen and oxygen atoms in total. The average molecular weight is 289 g/mol. The van der Waals surface area contributed by atoms with Gasteiger partial charge in [-0.3, -0.25) is 4.72 Å². The molecule has 0 fully saturated rings. The lowest BCUT2D eigenvalue weighted by Gasteiger charge is -2.08. The number of sulfonamides is 1. The van der Waals surface area contributed by atoms with Crippen molar-refractivity contribution in [3.05, 3.63) is 61.3 Å². The molecule has 104 valence electrons. The lowest BCUT2D eigenvalue weighted by Crippen LogP contribution is -2.13. The van der Waals surface area contributed by atoms with Crippen molar-refractivity contribution in [3.8, 4) is 0 Å². The van der Waals surface area contributed by atoms with E-state index in [0.717, 1.165) is 5.69 Å². The van der Waals surface area contributed by atoms with Crippen LogP contribution in [0.2, 0.25) is 0 Å². The number of pyridine rings is 1. The summed E-state index contributed by atoms with van der Waals surface area (Å²) in [4.78, 5) is 4.12. The molecule has 2 aromatic rings. The highest BCUT2D eigenvalue weighted by molar-refractivity contribution is 7.92. The van der Waals surface area contributed by atoms with Crippen LogP contribution in [0.5, 0.6) is 0 Å².